The monoisotopic (exact) mass is 299 g/mol. The Morgan fingerprint density at radius 1 is 1.00 bits per heavy atom. The van der Waals surface area contributed by atoms with Crippen LogP contribution in [-0.2, 0) is 16.4 Å². The molecule has 0 spiro atoms. The van der Waals surface area contributed by atoms with Crippen molar-refractivity contribution in [2.45, 2.75) is 18.2 Å². The maximum Gasteiger partial charge on any atom is 0.263 e. The summed E-state index contributed by atoms with van der Waals surface area (Å²) in [6.07, 6.45) is 4.25. The molecule has 0 unspecified atom stereocenters. The van der Waals surface area contributed by atoms with E-state index in [1.165, 1.54) is 9.87 Å². The predicted molar refractivity (Wildman–Crippen MR) is 84.3 cm³/mol. The summed E-state index contributed by atoms with van der Waals surface area (Å²) in [5.74, 6) is 0. The second kappa shape index (κ2) is 5.37. The van der Waals surface area contributed by atoms with Crippen molar-refractivity contribution >= 4 is 16.1 Å². The lowest BCUT2D eigenvalue weighted by Gasteiger charge is -2.19. The van der Waals surface area contributed by atoms with Gasteiger partial charge in [-0.15, -0.1) is 0 Å². The number of hydrogen-bond donors (Lipinski definition) is 0. The molecule has 0 radical (unpaired) electrons. The Kier molecular flexibility index (Phi) is 3.55. The molecule has 3 rings (SSSR count). The first kappa shape index (κ1) is 13.9. The van der Waals surface area contributed by atoms with Crippen molar-refractivity contribution in [2.75, 3.05) is 6.54 Å². The topological polar surface area (TPSA) is 37.4 Å². The molecule has 2 aromatic rings. The zero-order valence-corrected chi connectivity index (χ0v) is 12.7. The molecule has 0 atom stereocenters. The minimum atomic E-state index is -3.47. The van der Waals surface area contributed by atoms with Gasteiger partial charge in [-0.3, -0.25) is 4.31 Å². The van der Waals surface area contributed by atoms with Crippen LogP contribution in [0.25, 0.3) is 6.08 Å². The Bertz CT molecular complexity index is 777. The maximum absolute atomic E-state index is 12.7. The molecule has 2 aromatic carbocycles. The van der Waals surface area contributed by atoms with Gasteiger partial charge in [-0.2, -0.15) is 0 Å². The fourth-order valence-electron chi connectivity index (χ4n) is 2.44. The zero-order chi connectivity index (χ0) is 14.9. The summed E-state index contributed by atoms with van der Waals surface area (Å²) in [6, 6.07) is 15.0. The number of fused-ring (bicyclic) bond motifs is 1. The molecular weight excluding hydrogens is 282 g/mol. The molecule has 0 amide bonds. The molecule has 4 heteroatoms. The fraction of sp³-hybridized carbons (Fsp3) is 0.176. The molecule has 0 bridgehead atoms. The van der Waals surface area contributed by atoms with Gasteiger partial charge in [0, 0.05) is 12.7 Å². The lowest BCUT2D eigenvalue weighted by Crippen LogP contribution is -2.27. The van der Waals surface area contributed by atoms with E-state index < -0.39 is 10.0 Å². The molecule has 108 valence electrons. The summed E-state index contributed by atoms with van der Waals surface area (Å²) >= 11 is 0. The van der Waals surface area contributed by atoms with Crippen molar-refractivity contribution in [1.29, 1.82) is 0 Å². The standard InChI is InChI=1S/C17H17NO2S/c1-14-6-8-17(9-7-14)21(19,20)18-12-10-15-4-2-3-5-16(15)11-13-18/h2-10,12H,11,13H2,1H3. The number of rotatable bonds is 2. The van der Waals surface area contributed by atoms with Crippen LogP contribution in [0.15, 0.2) is 59.6 Å². The first-order chi connectivity index (χ1) is 10.1. The molecule has 0 aromatic heterocycles. The third kappa shape index (κ3) is 2.72. The summed E-state index contributed by atoms with van der Waals surface area (Å²) in [5, 5.41) is 0. The van der Waals surface area contributed by atoms with Crippen LogP contribution >= 0.6 is 0 Å². The molecule has 0 N–H and O–H groups in total. The van der Waals surface area contributed by atoms with E-state index in [1.54, 1.807) is 18.3 Å². The van der Waals surface area contributed by atoms with Crippen molar-refractivity contribution in [1.82, 2.24) is 4.31 Å². The molecule has 0 fully saturated rings. The van der Waals surface area contributed by atoms with Gasteiger partial charge >= 0.3 is 0 Å². The van der Waals surface area contributed by atoms with Gasteiger partial charge in [-0.05, 0) is 42.7 Å². The second-order valence-corrected chi connectivity index (χ2v) is 7.08. The highest BCUT2D eigenvalue weighted by Crippen LogP contribution is 2.22. The van der Waals surface area contributed by atoms with Crippen LogP contribution in [0.5, 0.6) is 0 Å². The average molecular weight is 299 g/mol. The minimum absolute atomic E-state index is 0.337. The van der Waals surface area contributed by atoms with Crippen LogP contribution in [0.1, 0.15) is 16.7 Å². The van der Waals surface area contributed by atoms with E-state index in [9.17, 15) is 8.42 Å². The lowest BCUT2D eigenvalue weighted by atomic mass is 10.1. The van der Waals surface area contributed by atoms with Gasteiger partial charge in [-0.1, -0.05) is 42.0 Å². The molecule has 1 aliphatic rings. The SMILES string of the molecule is Cc1ccc(S(=O)(=O)N2C=Cc3ccccc3CC2)cc1. The summed E-state index contributed by atoms with van der Waals surface area (Å²) in [6.45, 7) is 2.41. The summed E-state index contributed by atoms with van der Waals surface area (Å²) in [4.78, 5) is 0.337. The number of benzene rings is 2. The van der Waals surface area contributed by atoms with E-state index in [4.69, 9.17) is 0 Å². The molecule has 1 heterocycles. The number of nitrogens with zero attached hydrogens (tertiary/aromatic N) is 1. The second-order valence-electron chi connectivity index (χ2n) is 5.19. The van der Waals surface area contributed by atoms with E-state index in [-0.39, 0.29) is 0 Å². The van der Waals surface area contributed by atoms with Gasteiger partial charge in [0.25, 0.3) is 10.0 Å². The third-order valence-electron chi connectivity index (χ3n) is 3.70. The zero-order valence-electron chi connectivity index (χ0n) is 11.9. The van der Waals surface area contributed by atoms with Crippen LogP contribution in [-0.4, -0.2) is 19.3 Å². The summed E-state index contributed by atoms with van der Waals surface area (Å²) in [5.41, 5.74) is 3.31. The minimum Gasteiger partial charge on any atom is -0.273 e. The third-order valence-corrected chi connectivity index (χ3v) is 5.49. The molecule has 0 saturated heterocycles. The van der Waals surface area contributed by atoms with Crippen molar-refractivity contribution in [3.63, 3.8) is 0 Å². The van der Waals surface area contributed by atoms with Gasteiger partial charge in [0.05, 0.1) is 4.90 Å². The molecule has 0 saturated carbocycles. The normalized spacial score (nSPS) is 14.6. The van der Waals surface area contributed by atoms with E-state index in [0.717, 1.165) is 11.1 Å². The van der Waals surface area contributed by atoms with Gasteiger partial charge in [0.15, 0.2) is 0 Å². The van der Waals surface area contributed by atoms with Crippen LogP contribution in [0, 0.1) is 6.92 Å². The van der Waals surface area contributed by atoms with Crippen molar-refractivity contribution in [3.8, 4) is 0 Å². The smallest absolute Gasteiger partial charge is 0.263 e. The number of hydrogen-bond acceptors (Lipinski definition) is 2. The summed E-state index contributed by atoms with van der Waals surface area (Å²) in [7, 11) is -3.47. The van der Waals surface area contributed by atoms with Gasteiger partial charge in [-0.25, -0.2) is 8.42 Å². The van der Waals surface area contributed by atoms with Crippen molar-refractivity contribution in [2.24, 2.45) is 0 Å². The van der Waals surface area contributed by atoms with Crippen molar-refractivity contribution < 1.29 is 8.42 Å². The highest BCUT2D eigenvalue weighted by Gasteiger charge is 2.22. The first-order valence-corrected chi connectivity index (χ1v) is 8.36. The van der Waals surface area contributed by atoms with Gasteiger partial charge in [0.2, 0.25) is 0 Å². The Morgan fingerprint density at radius 3 is 2.48 bits per heavy atom. The number of sulfonamides is 1. The first-order valence-electron chi connectivity index (χ1n) is 6.92. The van der Waals surface area contributed by atoms with E-state index in [1.807, 2.05) is 49.4 Å². The van der Waals surface area contributed by atoms with Gasteiger partial charge in [0.1, 0.15) is 0 Å². The van der Waals surface area contributed by atoms with E-state index in [0.29, 0.717) is 17.9 Å². The van der Waals surface area contributed by atoms with E-state index >= 15 is 0 Å². The Hall–Kier alpha value is -2.07. The van der Waals surface area contributed by atoms with Crippen LogP contribution < -0.4 is 0 Å². The largest absolute Gasteiger partial charge is 0.273 e. The van der Waals surface area contributed by atoms with Crippen LogP contribution in [0.3, 0.4) is 0 Å². The molecular formula is C17H17NO2S. The Labute approximate surface area is 125 Å². The molecule has 1 aliphatic heterocycles. The molecule has 0 aliphatic carbocycles. The predicted octanol–water partition coefficient (Wildman–Crippen LogP) is 3.21. The van der Waals surface area contributed by atoms with Crippen LogP contribution in [0.4, 0.5) is 0 Å². The van der Waals surface area contributed by atoms with E-state index in [2.05, 4.69) is 0 Å². The van der Waals surface area contributed by atoms with Gasteiger partial charge < -0.3 is 0 Å². The summed E-state index contributed by atoms with van der Waals surface area (Å²) < 4.78 is 26.8. The number of aryl methyl sites for hydroxylation is 1. The highest BCUT2D eigenvalue weighted by atomic mass is 32.2. The Balaban J connectivity index is 1.93. The molecule has 3 nitrogen and oxygen atoms in total. The van der Waals surface area contributed by atoms with Crippen LogP contribution in [0.2, 0.25) is 0 Å². The maximum atomic E-state index is 12.7. The van der Waals surface area contributed by atoms with Crippen molar-refractivity contribution in [3.05, 3.63) is 71.4 Å². The quantitative estimate of drug-likeness (QED) is 0.854. The highest BCUT2D eigenvalue weighted by molar-refractivity contribution is 7.89. The fourth-order valence-corrected chi connectivity index (χ4v) is 3.74. The molecule has 21 heavy (non-hydrogen) atoms. The lowest BCUT2D eigenvalue weighted by molar-refractivity contribution is 0.502. The average Bonchev–Trinajstić information content (AvgIpc) is 2.70. The Morgan fingerprint density at radius 2 is 1.71 bits per heavy atom.